The van der Waals surface area contributed by atoms with Crippen molar-refractivity contribution in [2.24, 2.45) is 7.05 Å². The van der Waals surface area contributed by atoms with Crippen LogP contribution in [0.4, 0.5) is 26.3 Å². The Morgan fingerprint density at radius 1 is 0.967 bits per heavy atom. The number of hydrogen-bond donors (Lipinski definition) is 0. The minimum Gasteiger partial charge on any atom is -0.353 e. The summed E-state index contributed by atoms with van der Waals surface area (Å²) >= 11 is 1.33. The average molecular weight is 446 g/mol. The first kappa shape index (κ1) is 21.9. The van der Waals surface area contributed by atoms with E-state index in [1.165, 1.54) is 16.2 Å². The fraction of sp³-hybridized carbons (Fsp3) is 0.250. The van der Waals surface area contributed by atoms with Crippen LogP contribution in [0.5, 0.6) is 0 Å². The van der Waals surface area contributed by atoms with Crippen LogP contribution >= 0.6 is 11.3 Å². The lowest BCUT2D eigenvalue weighted by atomic mass is 10.0. The molecular formula is C20H16F6N2OS. The first-order valence-electron chi connectivity index (χ1n) is 8.66. The first-order valence-corrected chi connectivity index (χ1v) is 9.54. The van der Waals surface area contributed by atoms with E-state index in [0.29, 0.717) is 17.8 Å². The van der Waals surface area contributed by atoms with Crippen LogP contribution in [0.2, 0.25) is 0 Å². The third kappa shape index (κ3) is 5.05. The van der Waals surface area contributed by atoms with Crippen molar-refractivity contribution < 1.29 is 31.1 Å². The maximum atomic E-state index is 13.2. The second-order valence-corrected chi connectivity index (χ2v) is 7.68. The Hall–Kier alpha value is -2.75. The van der Waals surface area contributed by atoms with Crippen molar-refractivity contribution in [2.45, 2.75) is 25.4 Å². The maximum absolute atomic E-state index is 13.2. The summed E-state index contributed by atoms with van der Waals surface area (Å²) in [5.41, 5.74) is -3.02. The summed E-state index contributed by atoms with van der Waals surface area (Å²) in [4.78, 5) is 15.0. The standard InChI is InChI=1S/C20H16F6N2OS/c1-27-6-2-4-16(27)11-28(12-17-5-3-7-30-17)18(29)13-8-14(19(21,22)23)10-15(9-13)20(24,25)26/h2-10H,11-12H2,1H3. The van der Waals surface area contributed by atoms with Gasteiger partial charge < -0.3 is 9.47 Å². The van der Waals surface area contributed by atoms with E-state index in [1.54, 1.807) is 47.5 Å². The summed E-state index contributed by atoms with van der Waals surface area (Å²) in [6, 6.07) is 7.88. The highest BCUT2D eigenvalue weighted by Gasteiger charge is 2.38. The number of hydrogen-bond acceptors (Lipinski definition) is 2. The van der Waals surface area contributed by atoms with E-state index in [1.807, 2.05) is 0 Å². The van der Waals surface area contributed by atoms with Gasteiger partial charge in [-0.1, -0.05) is 6.07 Å². The molecule has 0 unspecified atom stereocenters. The number of benzene rings is 1. The predicted octanol–water partition coefficient (Wildman–Crippen LogP) is 5.97. The van der Waals surface area contributed by atoms with Crippen molar-refractivity contribution in [2.75, 3.05) is 0 Å². The van der Waals surface area contributed by atoms with Gasteiger partial charge in [-0.15, -0.1) is 11.3 Å². The number of carbonyl (C=O) groups excluding carboxylic acids is 1. The van der Waals surface area contributed by atoms with Gasteiger partial charge in [-0.2, -0.15) is 26.3 Å². The highest BCUT2D eigenvalue weighted by atomic mass is 32.1. The summed E-state index contributed by atoms with van der Waals surface area (Å²) in [6.07, 6.45) is -8.31. The Morgan fingerprint density at radius 3 is 2.07 bits per heavy atom. The molecule has 0 radical (unpaired) electrons. The van der Waals surface area contributed by atoms with Gasteiger partial charge in [-0.3, -0.25) is 4.79 Å². The molecule has 0 aliphatic rings. The summed E-state index contributed by atoms with van der Waals surface area (Å²) in [5, 5.41) is 1.77. The van der Waals surface area contributed by atoms with Crippen LogP contribution in [0.25, 0.3) is 0 Å². The molecule has 3 nitrogen and oxygen atoms in total. The van der Waals surface area contributed by atoms with Crippen molar-refractivity contribution in [3.8, 4) is 0 Å². The van der Waals surface area contributed by atoms with Gasteiger partial charge in [0.25, 0.3) is 5.91 Å². The second kappa shape index (κ2) is 8.17. The molecule has 3 aromatic rings. The van der Waals surface area contributed by atoms with Crippen LogP contribution in [0, 0.1) is 0 Å². The number of rotatable bonds is 5. The van der Waals surface area contributed by atoms with Crippen molar-refractivity contribution in [3.63, 3.8) is 0 Å². The highest BCUT2D eigenvalue weighted by molar-refractivity contribution is 7.09. The molecule has 0 atom stereocenters. The second-order valence-electron chi connectivity index (χ2n) is 6.65. The number of nitrogens with zero attached hydrogens (tertiary/aromatic N) is 2. The zero-order valence-electron chi connectivity index (χ0n) is 15.6. The van der Waals surface area contributed by atoms with Gasteiger partial charge in [-0.25, -0.2) is 0 Å². The fourth-order valence-corrected chi connectivity index (χ4v) is 3.63. The molecule has 10 heteroatoms. The SMILES string of the molecule is Cn1cccc1CN(Cc1cccs1)C(=O)c1cc(C(F)(F)F)cc(C(F)(F)F)c1. The van der Waals surface area contributed by atoms with Crippen LogP contribution < -0.4 is 0 Å². The molecule has 0 aliphatic carbocycles. The Kier molecular flexibility index (Phi) is 5.98. The number of halogens is 6. The van der Waals surface area contributed by atoms with E-state index in [-0.39, 0.29) is 19.2 Å². The third-order valence-corrected chi connectivity index (χ3v) is 5.31. The summed E-state index contributed by atoms with van der Waals surface area (Å²) in [7, 11) is 1.73. The summed E-state index contributed by atoms with van der Waals surface area (Å²) in [6.45, 7) is 0.0805. The van der Waals surface area contributed by atoms with Crippen molar-refractivity contribution >= 4 is 17.2 Å². The first-order chi connectivity index (χ1) is 13.9. The Morgan fingerprint density at radius 2 is 1.60 bits per heavy atom. The molecule has 0 N–H and O–H groups in total. The molecule has 1 amide bonds. The van der Waals surface area contributed by atoms with Crippen molar-refractivity contribution in [1.82, 2.24) is 9.47 Å². The number of alkyl halides is 6. The minimum absolute atomic E-state index is 0.0115. The van der Waals surface area contributed by atoms with Gasteiger partial charge in [-0.05, 0) is 41.8 Å². The Bertz CT molecular complexity index is 989. The molecule has 0 fully saturated rings. The van der Waals surface area contributed by atoms with Crippen LogP contribution in [-0.2, 0) is 32.5 Å². The Balaban J connectivity index is 2.03. The van der Waals surface area contributed by atoms with E-state index < -0.39 is 35.0 Å². The van der Waals surface area contributed by atoms with E-state index in [0.717, 1.165) is 4.88 Å². The quantitative estimate of drug-likeness (QED) is 0.444. The van der Waals surface area contributed by atoms with Gasteiger partial charge in [0.15, 0.2) is 0 Å². The molecule has 0 aliphatic heterocycles. The fourth-order valence-electron chi connectivity index (χ4n) is 2.91. The molecule has 30 heavy (non-hydrogen) atoms. The molecule has 3 rings (SSSR count). The average Bonchev–Trinajstić information content (AvgIpc) is 3.31. The number of aromatic nitrogens is 1. The molecule has 0 bridgehead atoms. The van der Waals surface area contributed by atoms with E-state index >= 15 is 0 Å². The molecule has 2 aromatic heterocycles. The van der Waals surface area contributed by atoms with E-state index in [2.05, 4.69) is 0 Å². The minimum atomic E-state index is -5.02. The Labute approximate surface area is 172 Å². The van der Waals surface area contributed by atoms with Crippen LogP contribution in [0.15, 0.2) is 54.0 Å². The topological polar surface area (TPSA) is 25.2 Å². The lowest BCUT2D eigenvalue weighted by Crippen LogP contribution is -2.31. The van der Waals surface area contributed by atoms with Crippen LogP contribution in [0.3, 0.4) is 0 Å². The predicted molar refractivity (Wildman–Crippen MR) is 99.8 cm³/mol. The number of amides is 1. The molecule has 160 valence electrons. The zero-order chi connectivity index (χ0) is 22.1. The number of aryl methyl sites for hydroxylation is 1. The highest BCUT2D eigenvalue weighted by Crippen LogP contribution is 2.36. The zero-order valence-corrected chi connectivity index (χ0v) is 16.4. The lowest BCUT2D eigenvalue weighted by Gasteiger charge is -2.24. The largest absolute Gasteiger partial charge is 0.416 e. The molecule has 0 saturated carbocycles. The summed E-state index contributed by atoms with van der Waals surface area (Å²) in [5.74, 6) is -0.916. The maximum Gasteiger partial charge on any atom is 0.416 e. The van der Waals surface area contributed by atoms with Gasteiger partial charge in [0.2, 0.25) is 0 Å². The monoisotopic (exact) mass is 446 g/mol. The number of carbonyl (C=O) groups is 1. The third-order valence-electron chi connectivity index (χ3n) is 4.45. The van der Waals surface area contributed by atoms with Crippen molar-refractivity contribution in [1.29, 1.82) is 0 Å². The van der Waals surface area contributed by atoms with Gasteiger partial charge in [0, 0.05) is 29.4 Å². The van der Waals surface area contributed by atoms with Gasteiger partial charge in [0.05, 0.1) is 24.2 Å². The molecule has 0 spiro atoms. The van der Waals surface area contributed by atoms with E-state index in [4.69, 9.17) is 0 Å². The van der Waals surface area contributed by atoms with Crippen LogP contribution in [0.1, 0.15) is 32.1 Å². The van der Waals surface area contributed by atoms with Gasteiger partial charge >= 0.3 is 12.4 Å². The molecular weight excluding hydrogens is 430 g/mol. The molecule has 0 saturated heterocycles. The van der Waals surface area contributed by atoms with E-state index in [9.17, 15) is 31.1 Å². The smallest absolute Gasteiger partial charge is 0.353 e. The van der Waals surface area contributed by atoms with Gasteiger partial charge in [0.1, 0.15) is 0 Å². The molecule has 2 heterocycles. The van der Waals surface area contributed by atoms with Crippen molar-refractivity contribution in [3.05, 3.63) is 81.3 Å². The lowest BCUT2D eigenvalue weighted by molar-refractivity contribution is -0.143. The summed E-state index contributed by atoms with van der Waals surface area (Å²) < 4.78 is 80.7. The normalized spacial score (nSPS) is 12.2. The molecule has 1 aromatic carbocycles. The number of thiophene rings is 1. The van der Waals surface area contributed by atoms with Crippen LogP contribution in [-0.4, -0.2) is 15.4 Å².